The Morgan fingerprint density at radius 2 is 2.26 bits per heavy atom. The third kappa shape index (κ3) is 3.29. The fraction of sp³-hybridized carbons (Fsp3) is 0.188. The molecule has 0 aliphatic carbocycles. The van der Waals surface area contributed by atoms with Crippen LogP contribution in [0.25, 0.3) is 10.9 Å². The van der Waals surface area contributed by atoms with E-state index in [1.54, 1.807) is 11.3 Å². The maximum atomic E-state index is 13.3. The van der Waals surface area contributed by atoms with Crippen molar-refractivity contribution < 1.29 is 9.18 Å². The minimum Gasteiger partial charge on any atom is -0.347 e. The molecule has 0 aliphatic heterocycles. The van der Waals surface area contributed by atoms with Gasteiger partial charge >= 0.3 is 0 Å². The van der Waals surface area contributed by atoms with Crippen LogP contribution in [-0.4, -0.2) is 15.5 Å². The van der Waals surface area contributed by atoms with Crippen LogP contribution in [-0.2, 0) is 11.3 Å². The summed E-state index contributed by atoms with van der Waals surface area (Å²) in [6, 6.07) is 7.53. The molecule has 2 aromatic heterocycles. The van der Waals surface area contributed by atoms with Gasteiger partial charge in [0.25, 0.3) is 5.56 Å². The van der Waals surface area contributed by atoms with Crippen LogP contribution in [0, 0.1) is 5.82 Å². The van der Waals surface area contributed by atoms with Crippen LogP contribution in [0.5, 0.6) is 0 Å². The van der Waals surface area contributed by atoms with Gasteiger partial charge in [0.1, 0.15) is 12.4 Å². The molecular weight excluding hydrogens is 317 g/mol. The summed E-state index contributed by atoms with van der Waals surface area (Å²) in [6.45, 7) is 1.72. The summed E-state index contributed by atoms with van der Waals surface area (Å²) in [4.78, 5) is 29.5. The maximum Gasteiger partial charge on any atom is 0.261 e. The Labute approximate surface area is 135 Å². The summed E-state index contributed by atoms with van der Waals surface area (Å²) in [5, 5.41) is 4.92. The first-order valence-electron chi connectivity index (χ1n) is 7.02. The standard InChI is InChI=1S/C16H14FN3O2S/c1-10(14-3-2-6-23-14)19-15(21)8-20-9-18-13-5-4-11(17)7-12(13)16(20)22/h2-7,9-10H,8H2,1H3,(H,19,21). The first-order chi connectivity index (χ1) is 11.0. The second-order valence-electron chi connectivity index (χ2n) is 5.14. The van der Waals surface area contributed by atoms with Crippen molar-refractivity contribution in [3.05, 3.63) is 63.1 Å². The third-order valence-electron chi connectivity index (χ3n) is 3.45. The normalized spacial score (nSPS) is 12.3. The van der Waals surface area contributed by atoms with Crippen molar-refractivity contribution in [2.45, 2.75) is 19.5 Å². The average molecular weight is 331 g/mol. The number of nitrogens with zero attached hydrogens (tertiary/aromatic N) is 2. The van der Waals surface area contributed by atoms with Gasteiger partial charge in [0.15, 0.2) is 0 Å². The fourth-order valence-corrected chi connectivity index (χ4v) is 3.03. The van der Waals surface area contributed by atoms with Crippen LogP contribution < -0.4 is 10.9 Å². The molecule has 5 nitrogen and oxygen atoms in total. The topological polar surface area (TPSA) is 64.0 Å². The zero-order valence-corrected chi connectivity index (χ0v) is 13.1. The van der Waals surface area contributed by atoms with Crippen LogP contribution in [0.1, 0.15) is 17.8 Å². The minimum atomic E-state index is -0.509. The molecular formula is C16H14FN3O2S. The van der Waals surface area contributed by atoms with Crippen molar-refractivity contribution in [1.82, 2.24) is 14.9 Å². The molecule has 2 heterocycles. The highest BCUT2D eigenvalue weighted by Crippen LogP contribution is 2.17. The van der Waals surface area contributed by atoms with Gasteiger partial charge in [0, 0.05) is 4.88 Å². The van der Waals surface area contributed by atoms with Gasteiger partial charge in [-0.2, -0.15) is 0 Å². The second-order valence-corrected chi connectivity index (χ2v) is 6.12. The third-order valence-corrected chi connectivity index (χ3v) is 4.50. The molecule has 3 aromatic rings. The average Bonchev–Trinajstić information content (AvgIpc) is 3.05. The van der Waals surface area contributed by atoms with Crippen molar-refractivity contribution in [2.75, 3.05) is 0 Å². The number of carbonyl (C=O) groups is 1. The molecule has 23 heavy (non-hydrogen) atoms. The highest BCUT2D eigenvalue weighted by molar-refractivity contribution is 7.10. The maximum absolute atomic E-state index is 13.3. The molecule has 0 saturated heterocycles. The molecule has 7 heteroatoms. The molecule has 1 aromatic carbocycles. The Bertz CT molecular complexity index is 905. The molecule has 1 N–H and O–H groups in total. The van der Waals surface area contributed by atoms with E-state index in [4.69, 9.17) is 0 Å². The summed E-state index contributed by atoms with van der Waals surface area (Å²) < 4.78 is 14.5. The molecule has 0 fully saturated rings. The quantitative estimate of drug-likeness (QED) is 0.799. The first kappa shape index (κ1) is 15.4. The van der Waals surface area contributed by atoms with Gasteiger partial charge in [-0.15, -0.1) is 11.3 Å². The lowest BCUT2D eigenvalue weighted by molar-refractivity contribution is -0.122. The lowest BCUT2D eigenvalue weighted by atomic mass is 10.2. The summed E-state index contributed by atoms with van der Waals surface area (Å²) in [5.41, 5.74) is -0.0339. The molecule has 0 aliphatic rings. The summed E-state index contributed by atoms with van der Waals surface area (Å²) in [7, 11) is 0. The van der Waals surface area contributed by atoms with Gasteiger partial charge in [0.2, 0.25) is 5.91 Å². The van der Waals surface area contributed by atoms with Gasteiger partial charge in [-0.05, 0) is 36.6 Å². The van der Waals surface area contributed by atoms with Crippen molar-refractivity contribution >= 4 is 28.1 Å². The number of hydrogen-bond acceptors (Lipinski definition) is 4. The minimum absolute atomic E-state index is 0.135. The highest BCUT2D eigenvalue weighted by Gasteiger charge is 2.12. The molecule has 118 valence electrons. The molecule has 0 radical (unpaired) electrons. The number of nitrogens with one attached hydrogen (secondary N) is 1. The number of carbonyl (C=O) groups excluding carboxylic acids is 1. The van der Waals surface area contributed by atoms with Crippen LogP contribution >= 0.6 is 11.3 Å². The number of halogens is 1. The summed E-state index contributed by atoms with van der Waals surface area (Å²) >= 11 is 1.55. The zero-order chi connectivity index (χ0) is 16.4. The Balaban J connectivity index is 1.80. The number of rotatable bonds is 4. The van der Waals surface area contributed by atoms with Gasteiger partial charge in [-0.25, -0.2) is 9.37 Å². The molecule has 0 saturated carbocycles. The number of fused-ring (bicyclic) bond motifs is 1. The van der Waals surface area contributed by atoms with Crippen molar-refractivity contribution in [2.24, 2.45) is 0 Å². The predicted molar refractivity (Wildman–Crippen MR) is 86.8 cm³/mol. The van der Waals surface area contributed by atoms with Crippen LogP contribution in [0.3, 0.4) is 0 Å². The molecule has 1 unspecified atom stereocenters. The van der Waals surface area contributed by atoms with E-state index in [1.165, 1.54) is 23.0 Å². The van der Waals surface area contributed by atoms with E-state index in [-0.39, 0.29) is 23.9 Å². The van der Waals surface area contributed by atoms with Crippen molar-refractivity contribution in [3.63, 3.8) is 0 Å². The predicted octanol–water partition coefficient (Wildman–Crippen LogP) is 2.47. The van der Waals surface area contributed by atoms with E-state index in [1.807, 2.05) is 24.4 Å². The number of thiophene rings is 1. The van der Waals surface area contributed by atoms with E-state index in [2.05, 4.69) is 10.3 Å². The smallest absolute Gasteiger partial charge is 0.261 e. The Morgan fingerprint density at radius 3 is 3.00 bits per heavy atom. The monoisotopic (exact) mass is 331 g/mol. The van der Waals surface area contributed by atoms with E-state index in [0.717, 1.165) is 10.9 Å². The lowest BCUT2D eigenvalue weighted by Crippen LogP contribution is -2.33. The molecule has 3 rings (SSSR count). The number of hydrogen-bond donors (Lipinski definition) is 1. The number of aromatic nitrogens is 2. The van der Waals surface area contributed by atoms with Crippen LogP contribution in [0.15, 0.2) is 46.8 Å². The van der Waals surface area contributed by atoms with Crippen LogP contribution in [0.4, 0.5) is 4.39 Å². The molecule has 1 atom stereocenters. The van der Waals surface area contributed by atoms with Crippen molar-refractivity contribution in [1.29, 1.82) is 0 Å². The first-order valence-corrected chi connectivity index (χ1v) is 7.90. The Hall–Kier alpha value is -2.54. The number of benzene rings is 1. The Morgan fingerprint density at radius 1 is 1.43 bits per heavy atom. The van der Waals surface area contributed by atoms with E-state index in [9.17, 15) is 14.0 Å². The second kappa shape index (κ2) is 6.29. The van der Waals surface area contributed by atoms with Gasteiger partial charge < -0.3 is 5.32 Å². The Kier molecular flexibility index (Phi) is 4.20. The summed E-state index contributed by atoms with van der Waals surface area (Å²) in [6.07, 6.45) is 1.30. The molecule has 1 amide bonds. The zero-order valence-electron chi connectivity index (χ0n) is 12.3. The fourth-order valence-electron chi connectivity index (χ4n) is 2.29. The van der Waals surface area contributed by atoms with E-state index in [0.29, 0.717) is 5.52 Å². The molecule has 0 spiro atoms. The van der Waals surface area contributed by atoms with Gasteiger partial charge in [-0.1, -0.05) is 6.07 Å². The molecule has 0 bridgehead atoms. The highest BCUT2D eigenvalue weighted by atomic mass is 32.1. The van der Waals surface area contributed by atoms with E-state index >= 15 is 0 Å². The largest absolute Gasteiger partial charge is 0.347 e. The summed E-state index contributed by atoms with van der Waals surface area (Å²) in [5.74, 6) is -0.810. The van der Waals surface area contributed by atoms with Crippen LogP contribution in [0.2, 0.25) is 0 Å². The van der Waals surface area contributed by atoms with Gasteiger partial charge in [-0.3, -0.25) is 14.2 Å². The van der Waals surface area contributed by atoms with Crippen molar-refractivity contribution in [3.8, 4) is 0 Å². The van der Waals surface area contributed by atoms with E-state index < -0.39 is 11.4 Å². The SMILES string of the molecule is CC(NC(=O)Cn1cnc2ccc(F)cc2c1=O)c1cccs1. The lowest BCUT2D eigenvalue weighted by Gasteiger charge is -2.13. The number of amides is 1. The van der Waals surface area contributed by atoms with Gasteiger partial charge in [0.05, 0.1) is 23.3 Å².